The molecular weight excluding hydrogens is 800 g/mol. The van der Waals surface area contributed by atoms with Crippen molar-refractivity contribution in [2.75, 3.05) is 26.6 Å². The Hall–Kier alpha value is -4.78. The van der Waals surface area contributed by atoms with Crippen molar-refractivity contribution in [2.45, 2.75) is 23.3 Å². The summed E-state index contributed by atoms with van der Waals surface area (Å²) in [4.78, 5) is 25.5. The lowest BCUT2D eigenvalue weighted by Crippen LogP contribution is -2.44. The third kappa shape index (κ3) is 7.23. The van der Waals surface area contributed by atoms with Gasteiger partial charge in [0, 0.05) is 54.3 Å². The molecular formula is C40H30Cl4F2N2O7. The fraction of sp³-hybridized carbons (Fsp3) is 0.200. The number of halogens is 6. The topological polar surface area (TPSA) is 114 Å². The molecule has 4 atom stereocenters. The maximum atomic E-state index is 13.9. The van der Waals surface area contributed by atoms with Gasteiger partial charge in [0.25, 0.3) is 0 Å². The first-order valence-corrected chi connectivity index (χ1v) is 18.2. The molecule has 0 amide bonds. The van der Waals surface area contributed by atoms with Crippen molar-refractivity contribution in [3.05, 3.63) is 195 Å². The molecule has 284 valence electrons. The Bertz CT molecular complexity index is 2100. The molecule has 55 heavy (non-hydrogen) atoms. The molecule has 6 rings (SSSR count). The van der Waals surface area contributed by atoms with Gasteiger partial charge < -0.3 is 14.2 Å². The standard InChI is InChI=1S/C40H30Cl4F2N2O7/c41-29-13-5-1-9-25(29)35-33(17-19-39(47(49)50,37(35)53-23-21-45)27-11-3-7-15-31(27)43)55-34-18-20-40(48(51)52,28-12-4-8-16-32(28)44)38(54-24-22-46)36(34)26-10-2-6-14-30(26)42/h1-20,33-34H,21-24H2. The largest absolute Gasteiger partial charge is 0.487 e. The number of alkyl halides is 2. The van der Waals surface area contributed by atoms with E-state index in [2.05, 4.69) is 0 Å². The maximum Gasteiger partial charge on any atom is 0.323 e. The monoisotopic (exact) mass is 828 g/mol. The van der Waals surface area contributed by atoms with E-state index in [1.54, 1.807) is 72.8 Å². The van der Waals surface area contributed by atoms with Gasteiger partial charge in [-0.25, -0.2) is 8.78 Å². The number of hydrogen-bond acceptors (Lipinski definition) is 7. The molecule has 2 aliphatic carbocycles. The fourth-order valence-electron chi connectivity index (χ4n) is 6.87. The number of benzene rings is 4. The van der Waals surface area contributed by atoms with E-state index in [9.17, 15) is 29.0 Å². The summed E-state index contributed by atoms with van der Waals surface area (Å²) in [6.07, 6.45) is 2.78. The molecule has 0 heterocycles. The van der Waals surface area contributed by atoms with Crippen LogP contribution in [0.4, 0.5) is 8.78 Å². The molecule has 2 aliphatic rings. The van der Waals surface area contributed by atoms with Gasteiger partial charge >= 0.3 is 11.1 Å². The van der Waals surface area contributed by atoms with Crippen molar-refractivity contribution < 1.29 is 32.8 Å². The molecule has 0 saturated heterocycles. The van der Waals surface area contributed by atoms with Crippen LogP contribution in [0.3, 0.4) is 0 Å². The van der Waals surface area contributed by atoms with Gasteiger partial charge in [-0.15, -0.1) is 0 Å². The Labute approximate surface area is 334 Å². The van der Waals surface area contributed by atoms with Crippen LogP contribution in [-0.2, 0) is 25.3 Å². The van der Waals surface area contributed by atoms with Gasteiger partial charge in [0.1, 0.15) is 38.8 Å². The van der Waals surface area contributed by atoms with Crippen LogP contribution in [0.15, 0.2) is 133 Å². The summed E-state index contributed by atoms with van der Waals surface area (Å²) in [5, 5.41) is 27.0. The molecule has 0 saturated carbocycles. The van der Waals surface area contributed by atoms with Crippen LogP contribution in [0, 0.1) is 20.2 Å². The molecule has 4 aromatic rings. The predicted octanol–water partition coefficient (Wildman–Crippen LogP) is 10.6. The SMILES string of the molecule is O=[N+]([O-])C1(c2ccccc2Cl)C=CC(OC2C=CC(c3ccccc3Cl)([N+](=O)[O-])C(OCCF)=C2c2ccccc2Cl)C(c2ccccc2Cl)=C1OCCF. The number of nitrogens with zero attached hydrogens (tertiary/aromatic N) is 2. The molecule has 0 radical (unpaired) electrons. The average Bonchev–Trinajstić information content (AvgIpc) is 3.17. The highest BCUT2D eigenvalue weighted by Crippen LogP contribution is 2.51. The predicted molar refractivity (Wildman–Crippen MR) is 208 cm³/mol. The van der Waals surface area contributed by atoms with Crippen molar-refractivity contribution in [2.24, 2.45) is 0 Å². The van der Waals surface area contributed by atoms with E-state index in [-0.39, 0.29) is 65.0 Å². The number of nitro groups is 2. The summed E-state index contributed by atoms with van der Waals surface area (Å²) in [7, 11) is 0. The van der Waals surface area contributed by atoms with Gasteiger partial charge in [-0.2, -0.15) is 0 Å². The van der Waals surface area contributed by atoms with Crippen LogP contribution in [0.5, 0.6) is 0 Å². The second kappa shape index (κ2) is 16.9. The van der Waals surface area contributed by atoms with Crippen LogP contribution in [-0.4, -0.2) is 48.6 Å². The number of rotatable bonds is 14. The van der Waals surface area contributed by atoms with Crippen molar-refractivity contribution in [1.29, 1.82) is 0 Å². The fourth-order valence-corrected chi connectivity index (χ4v) is 7.90. The summed E-state index contributed by atoms with van der Waals surface area (Å²) in [6.45, 7) is -3.17. The minimum Gasteiger partial charge on any atom is -0.487 e. The molecule has 15 heteroatoms. The van der Waals surface area contributed by atoms with Crippen molar-refractivity contribution >= 4 is 57.5 Å². The van der Waals surface area contributed by atoms with Crippen LogP contribution in [0.2, 0.25) is 20.1 Å². The van der Waals surface area contributed by atoms with Crippen LogP contribution >= 0.6 is 46.4 Å². The normalized spacial score (nSPS) is 22.1. The van der Waals surface area contributed by atoms with Gasteiger partial charge in [0.05, 0.1) is 21.2 Å². The number of ether oxygens (including phenoxy) is 3. The highest BCUT2D eigenvalue weighted by molar-refractivity contribution is 6.33. The van der Waals surface area contributed by atoms with E-state index < -0.39 is 59.7 Å². The van der Waals surface area contributed by atoms with Crippen molar-refractivity contribution in [3.63, 3.8) is 0 Å². The van der Waals surface area contributed by atoms with Gasteiger partial charge in [-0.05, 0) is 48.6 Å². The van der Waals surface area contributed by atoms with Crippen LogP contribution in [0.1, 0.15) is 22.3 Å². The highest BCUT2D eigenvalue weighted by Gasteiger charge is 2.57. The Balaban J connectivity index is 1.65. The Morgan fingerprint density at radius 1 is 0.564 bits per heavy atom. The quantitative estimate of drug-likeness (QED) is 0.0706. The molecule has 0 aromatic heterocycles. The highest BCUT2D eigenvalue weighted by atomic mass is 35.5. The molecule has 0 spiro atoms. The Morgan fingerprint density at radius 3 is 1.24 bits per heavy atom. The molecule has 9 nitrogen and oxygen atoms in total. The molecule has 0 aliphatic heterocycles. The lowest BCUT2D eigenvalue weighted by atomic mass is 9.77. The van der Waals surface area contributed by atoms with Crippen LogP contribution in [0.25, 0.3) is 11.1 Å². The maximum absolute atomic E-state index is 13.9. The summed E-state index contributed by atoms with van der Waals surface area (Å²) >= 11 is 26.7. The zero-order chi connectivity index (χ0) is 39.3. The number of hydrogen-bond donors (Lipinski definition) is 0. The summed E-state index contributed by atoms with van der Waals surface area (Å²) in [5.41, 5.74) is -3.92. The Kier molecular flexibility index (Phi) is 12.3. The van der Waals surface area contributed by atoms with Gasteiger partial charge in [0.15, 0.2) is 11.5 Å². The van der Waals surface area contributed by atoms with Crippen molar-refractivity contribution in [1.82, 2.24) is 0 Å². The molecule has 0 N–H and O–H groups in total. The summed E-state index contributed by atoms with van der Waals surface area (Å²) in [5.74, 6) is -0.645. The average molecular weight is 830 g/mol. The van der Waals surface area contributed by atoms with Gasteiger partial charge in [0.2, 0.25) is 0 Å². The van der Waals surface area contributed by atoms with E-state index in [1.165, 1.54) is 48.6 Å². The third-order valence-corrected chi connectivity index (χ3v) is 10.5. The van der Waals surface area contributed by atoms with E-state index in [4.69, 9.17) is 60.6 Å². The van der Waals surface area contributed by atoms with Crippen LogP contribution < -0.4 is 0 Å². The summed E-state index contributed by atoms with van der Waals surface area (Å²) < 4.78 is 46.7. The lowest BCUT2D eigenvalue weighted by Gasteiger charge is -2.37. The van der Waals surface area contributed by atoms with E-state index in [1.807, 2.05) is 0 Å². The second-order valence-corrected chi connectivity index (χ2v) is 13.9. The zero-order valence-corrected chi connectivity index (χ0v) is 31.6. The molecule has 0 fully saturated rings. The first-order chi connectivity index (χ1) is 26.5. The lowest BCUT2D eigenvalue weighted by molar-refractivity contribution is -0.557. The molecule has 0 bridgehead atoms. The Morgan fingerprint density at radius 2 is 0.909 bits per heavy atom. The van der Waals surface area contributed by atoms with Gasteiger partial charge in [-0.3, -0.25) is 20.2 Å². The van der Waals surface area contributed by atoms with E-state index in [0.29, 0.717) is 0 Å². The first-order valence-electron chi connectivity index (χ1n) is 16.7. The van der Waals surface area contributed by atoms with Crippen molar-refractivity contribution in [3.8, 4) is 0 Å². The zero-order valence-electron chi connectivity index (χ0n) is 28.6. The third-order valence-electron chi connectivity index (χ3n) is 9.19. The minimum absolute atomic E-state index is 0.0291. The molecule has 4 unspecified atom stereocenters. The van der Waals surface area contributed by atoms with Gasteiger partial charge in [-0.1, -0.05) is 107 Å². The second-order valence-electron chi connectivity index (χ2n) is 12.2. The summed E-state index contributed by atoms with van der Waals surface area (Å²) in [6, 6.07) is 25.1. The van der Waals surface area contributed by atoms with E-state index >= 15 is 0 Å². The first kappa shape index (κ1) is 39.9. The van der Waals surface area contributed by atoms with E-state index in [0.717, 1.165) is 0 Å². The molecule has 4 aromatic carbocycles. The smallest absolute Gasteiger partial charge is 0.323 e. The minimum atomic E-state index is -2.29.